The van der Waals surface area contributed by atoms with Gasteiger partial charge in [0, 0.05) is 6.42 Å². The minimum Gasteiger partial charge on any atom is -0.480 e. The van der Waals surface area contributed by atoms with E-state index in [0.29, 0.717) is 5.69 Å². The third-order valence-electron chi connectivity index (χ3n) is 3.18. The molecule has 20 heavy (non-hydrogen) atoms. The topological polar surface area (TPSA) is 74.7 Å². The SMILES string of the molecule is Cc1ccccc1N1C(=O)CC(SC(C)C(=O)O)C1=O. The van der Waals surface area contributed by atoms with E-state index in [1.54, 1.807) is 12.1 Å². The number of hydrogen-bond acceptors (Lipinski definition) is 4. The normalized spacial score (nSPS) is 20.3. The van der Waals surface area contributed by atoms with Crippen LogP contribution in [0.25, 0.3) is 0 Å². The quantitative estimate of drug-likeness (QED) is 0.857. The van der Waals surface area contributed by atoms with Crippen molar-refractivity contribution in [3.05, 3.63) is 29.8 Å². The van der Waals surface area contributed by atoms with Crippen LogP contribution in [0.5, 0.6) is 0 Å². The smallest absolute Gasteiger partial charge is 0.316 e. The first kappa shape index (κ1) is 14.6. The van der Waals surface area contributed by atoms with Crippen molar-refractivity contribution in [1.29, 1.82) is 0 Å². The van der Waals surface area contributed by atoms with Gasteiger partial charge in [-0.2, -0.15) is 0 Å². The van der Waals surface area contributed by atoms with E-state index in [9.17, 15) is 14.4 Å². The molecule has 1 aliphatic rings. The van der Waals surface area contributed by atoms with Gasteiger partial charge in [-0.25, -0.2) is 4.90 Å². The van der Waals surface area contributed by atoms with Gasteiger partial charge in [0.25, 0.3) is 0 Å². The summed E-state index contributed by atoms with van der Waals surface area (Å²) < 4.78 is 0. The molecular formula is C14H15NO4S. The van der Waals surface area contributed by atoms with Crippen LogP contribution < -0.4 is 4.90 Å². The standard InChI is InChI=1S/C14H15NO4S/c1-8-5-3-4-6-10(8)15-12(16)7-11(13(15)17)20-9(2)14(18)19/h3-6,9,11H,7H2,1-2H3,(H,18,19). The number of anilines is 1. The van der Waals surface area contributed by atoms with Gasteiger partial charge < -0.3 is 5.11 Å². The molecule has 0 aliphatic carbocycles. The molecule has 1 aliphatic heterocycles. The highest BCUT2D eigenvalue weighted by Gasteiger charge is 2.41. The number of thioether (sulfide) groups is 1. The molecule has 1 heterocycles. The molecule has 5 nitrogen and oxygen atoms in total. The van der Waals surface area contributed by atoms with Gasteiger partial charge in [-0.15, -0.1) is 11.8 Å². The van der Waals surface area contributed by atoms with Crippen molar-refractivity contribution in [2.45, 2.75) is 30.8 Å². The number of amides is 2. The Balaban J connectivity index is 2.22. The molecule has 0 spiro atoms. The molecule has 1 fully saturated rings. The third kappa shape index (κ3) is 2.70. The fourth-order valence-corrected chi connectivity index (χ4v) is 3.15. The minimum atomic E-state index is -0.982. The maximum absolute atomic E-state index is 12.3. The molecule has 0 aromatic heterocycles. The Kier molecular flexibility index (Phi) is 4.13. The lowest BCUT2D eigenvalue weighted by atomic mass is 10.2. The number of hydrogen-bond donors (Lipinski definition) is 1. The number of benzene rings is 1. The number of para-hydroxylation sites is 1. The first-order valence-electron chi connectivity index (χ1n) is 6.22. The molecule has 2 amide bonds. The van der Waals surface area contributed by atoms with Crippen LogP contribution in [0.4, 0.5) is 5.69 Å². The van der Waals surface area contributed by atoms with Crippen LogP contribution in [0.15, 0.2) is 24.3 Å². The molecule has 2 rings (SSSR count). The van der Waals surface area contributed by atoms with Gasteiger partial charge in [-0.3, -0.25) is 14.4 Å². The summed E-state index contributed by atoms with van der Waals surface area (Å²) >= 11 is 1.02. The fraction of sp³-hybridized carbons (Fsp3) is 0.357. The molecule has 0 radical (unpaired) electrons. The monoisotopic (exact) mass is 293 g/mol. The summed E-state index contributed by atoms with van der Waals surface area (Å²) in [5.74, 6) is -1.59. The van der Waals surface area contributed by atoms with Gasteiger partial charge in [-0.1, -0.05) is 18.2 Å². The van der Waals surface area contributed by atoms with Crippen LogP contribution in [-0.2, 0) is 14.4 Å². The summed E-state index contributed by atoms with van der Waals surface area (Å²) in [6.07, 6.45) is 0.0510. The van der Waals surface area contributed by atoms with Crippen LogP contribution >= 0.6 is 11.8 Å². The Morgan fingerprint density at radius 3 is 2.65 bits per heavy atom. The Bertz CT molecular complexity index is 572. The van der Waals surface area contributed by atoms with Gasteiger partial charge in [0.1, 0.15) is 5.25 Å². The van der Waals surface area contributed by atoms with Crippen LogP contribution in [0, 0.1) is 6.92 Å². The van der Waals surface area contributed by atoms with Crippen LogP contribution in [0.1, 0.15) is 18.9 Å². The van der Waals surface area contributed by atoms with Gasteiger partial charge in [0.2, 0.25) is 11.8 Å². The second-order valence-electron chi connectivity index (χ2n) is 4.66. The van der Waals surface area contributed by atoms with E-state index in [4.69, 9.17) is 5.11 Å². The van der Waals surface area contributed by atoms with E-state index in [1.165, 1.54) is 11.8 Å². The Labute approximate surface area is 121 Å². The van der Waals surface area contributed by atoms with E-state index < -0.39 is 16.5 Å². The first-order valence-corrected chi connectivity index (χ1v) is 7.16. The Morgan fingerprint density at radius 1 is 1.40 bits per heavy atom. The van der Waals surface area contributed by atoms with E-state index in [0.717, 1.165) is 17.3 Å². The summed E-state index contributed by atoms with van der Waals surface area (Å²) in [5.41, 5.74) is 1.42. The highest BCUT2D eigenvalue weighted by atomic mass is 32.2. The number of aliphatic carboxylic acids is 1. The Morgan fingerprint density at radius 2 is 2.05 bits per heavy atom. The zero-order valence-electron chi connectivity index (χ0n) is 11.2. The highest BCUT2D eigenvalue weighted by molar-refractivity contribution is 8.01. The maximum atomic E-state index is 12.3. The molecule has 6 heteroatoms. The number of carboxylic acid groups (broad SMARTS) is 1. The zero-order chi connectivity index (χ0) is 14.9. The molecule has 1 N–H and O–H groups in total. The number of carboxylic acids is 1. The van der Waals surface area contributed by atoms with Crippen molar-refractivity contribution < 1.29 is 19.5 Å². The number of aryl methyl sites for hydroxylation is 1. The van der Waals surface area contributed by atoms with Crippen molar-refractivity contribution in [2.75, 3.05) is 4.90 Å². The molecule has 1 saturated heterocycles. The van der Waals surface area contributed by atoms with Gasteiger partial charge >= 0.3 is 5.97 Å². The molecule has 0 saturated carbocycles. The lowest BCUT2D eigenvalue weighted by Gasteiger charge is -2.17. The van der Waals surface area contributed by atoms with Crippen molar-refractivity contribution >= 4 is 35.2 Å². The number of nitrogens with zero attached hydrogens (tertiary/aromatic N) is 1. The predicted octanol–water partition coefficient (Wildman–Crippen LogP) is 1.83. The predicted molar refractivity (Wildman–Crippen MR) is 76.8 cm³/mol. The van der Waals surface area contributed by atoms with Crippen LogP contribution in [0.2, 0.25) is 0 Å². The Hall–Kier alpha value is -1.82. The summed E-state index contributed by atoms with van der Waals surface area (Å²) in [6, 6.07) is 7.15. The molecule has 1 aromatic rings. The number of carbonyl (C=O) groups is 3. The van der Waals surface area contributed by atoms with Crippen molar-refractivity contribution in [3.63, 3.8) is 0 Å². The first-order chi connectivity index (χ1) is 9.41. The van der Waals surface area contributed by atoms with Gasteiger partial charge in [-0.05, 0) is 25.5 Å². The molecule has 2 unspecified atom stereocenters. The summed E-state index contributed by atoms with van der Waals surface area (Å²) in [6.45, 7) is 3.34. The fourth-order valence-electron chi connectivity index (χ4n) is 2.08. The van der Waals surface area contributed by atoms with Crippen molar-refractivity contribution in [1.82, 2.24) is 0 Å². The average Bonchev–Trinajstić information content (AvgIpc) is 2.65. The second-order valence-corrected chi connectivity index (χ2v) is 6.21. The van der Waals surface area contributed by atoms with E-state index >= 15 is 0 Å². The van der Waals surface area contributed by atoms with E-state index in [-0.39, 0.29) is 18.2 Å². The molecule has 1 aromatic carbocycles. The van der Waals surface area contributed by atoms with E-state index in [1.807, 2.05) is 19.1 Å². The lowest BCUT2D eigenvalue weighted by molar-refractivity contribution is -0.136. The summed E-state index contributed by atoms with van der Waals surface area (Å²) in [4.78, 5) is 36.4. The maximum Gasteiger partial charge on any atom is 0.316 e. The third-order valence-corrected chi connectivity index (χ3v) is 4.48. The zero-order valence-corrected chi connectivity index (χ0v) is 12.0. The molecular weight excluding hydrogens is 278 g/mol. The van der Waals surface area contributed by atoms with E-state index in [2.05, 4.69) is 0 Å². The number of imide groups is 1. The van der Waals surface area contributed by atoms with Gasteiger partial charge in [0.05, 0.1) is 10.9 Å². The van der Waals surface area contributed by atoms with Crippen LogP contribution in [-0.4, -0.2) is 33.4 Å². The average molecular weight is 293 g/mol. The molecule has 2 atom stereocenters. The summed E-state index contributed by atoms with van der Waals surface area (Å²) in [7, 11) is 0. The number of carbonyl (C=O) groups excluding carboxylic acids is 2. The van der Waals surface area contributed by atoms with Crippen molar-refractivity contribution in [2.24, 2.45) is 0 Å². The largest absolute Gasteiger partial charge is 0.480 e. The van der Waals surface area contributed by atoms with Gasteiger partial charge in [0.15, 0.2) is 0 Å². The molecule has 0 bridgehead atoms. The number of rotatable bonds is 4. The molecule has 106 valence electrons. The lowest BCUT2D eigenvalue weighted by Crippen LogP contribution is -2.32. The van der Waals surface area contributed by atoms with Crippen molar-refractivity contribution in [3.8, 4) is 0 Å². The van der Waals surface area contributed by atoms with Crippen LogP contribution in [0.3, 0.4) is 0 Å². The summed E-state index contributed by atoms with van der Waals surface area (Å²) in [5, 5.41) is 7.56. The highest BCUT2D eigenvalue weighted by Crippen LogP contribution is 2.33. The second kappa shape index (κ2) is 5.66. The minimum absolute atomic E-state index is 0.0510.